The second-order valence-corrected chi connectivity index (χ2v) is 7.19. The van der Waals surface area contributed by atoms with Gasteiger partial charge in [-0.15, -0.1) is 0 Å². The van der Waals surface area contributed by atoms with Gasteiger partial charge in [-0.05, 0) is 36.0 Å². The van der Waals surface area contributed by atoms with Crippen LogP contribution in [0.3, 0.4) is 0 Å². The van der Waals surface area contributed by atoms with E-state index in [0.717, 1.165) is 36.3 Å². The van der Waals surface area contributed by atoms with Gasteiger partial charge >= 0.3 is 0 Å². The standard InChI is InChI=1S/C19H21N3OS/c1-2-13-5-3-4-6-14(13)7-8-18(23)22-19-16(11-20)15-9-10-21-12-17(15)24-19/h3-6,12,16,19H,2,7-10H2,1H3,(H,22,23). The fourth-order valence-corrected chi connectivity index (χ4v) is 4.57. The molecular weight excluding hydrogens is 318 g/mol. The Balaban J connectivity index is 1.58. The van der Waals surface area contributed by atoms with Crippen molar-refractivity contribution >= 4 is 23.9 Å². The first-order valence-corrected chi connectivity index (χ1v) is 9.26. The molecule has 2 aliphatic rings. The number of nitrogens with zero attached hydrogens (tertiary/aromatic N) is 2. The maximum atomic E-state index is 12.4. The number of aliphatic imine (C=N–C) groups is 1. The summed E-state index contributed by atoms with van der Waals surface area (Å²) in [7, 11) is 0. The Hall–Kier alpha value is -2.06. The number of benzene rings is 1. The van der Waals surface area contributed by atoms with Crippen LogP contribution in [-0.2, 0) is 17.6 Å². The van der Waals surface area contributed by atoms with Crippen molar-refractivity contribution in [2.75, 3.05) is 6.54 Å². The van der Waals surface area contributed by atoms with Gasteiger partial charge < -0.3 is 5.32 Å². The molecule has 3 rings (SSSR count). The third-order valence-electron chi connectivity index (χ3n) is 4.53. The minimum atomic E-state index is -0.233. The van der Waals surface area contributed by atoms with Crippen LogP contribution in [-0.4, -0.2) is 24.0 Å². The average molecular weight is 339 g/mol. The molecular formula is C19H21N3OS. The Kier molecular flexibility index (Phi) is 5.37. The number of nitriles is 1. The molecule has 0 bridgehead atoms. The molecule has 5 heteroatoms. The molecule has 0 radical (unpaired) electrons. The monoisotopic (exact) mass is 339 g/mol. The first kappa shape index (κ1) is 16.8. The van der Waals surface area contributed by atoms with E-state index in [2.05, 4.69) is 35.4 Å². The number of amides is 1. The highest BCUT2D eigenvalue weighted by molar-refractivity contribution is 8.04. The van der Waals surface area contributed by atoms with Gasteiger partial charge in [-0.2, -0.15) is 5.26 Å². The number of dihydropyridines is 1. The Bertz CT molecular complexity index is 732. The molecule has 24 heavy (non-hydrogen) atoms. The van der Waals surface area contributed by atoms with Gasteiger partial charge in [-0.3, -0.25) is 9.79 Å². The summed E-state index contributed by atoms with van der Waals surface area (Å²) in [5.41, 5.74) is 3.67. The molecule has 0 fully saturated rings. The van der Waals surface area contributed by atoms with Gasteiger partial charge in [-0.1, -0.05) is 43.0 Å². The maximum Gasteiger partial charge on any atom is 0.221 e. The van der Waals surface area contributed by atoms with Crippen LogP contribution in [0.1, 0.15) is 30.9 Å². The minimum absolute atomic E-state index is 0.00967. The lowest BCUT2D eigenvalue weighted by atomic mass is 9.96. The molecule has 0 spiro atoms. The predicted octanol–water partition coefficient (Wildman–Crippen LogP) is 3.24. The van der Waals surface area contributed by atoms with Gasteiger partial charge in [-0.25, -0.2) is 0 Å². The SMILES string of the molecule is CCc1ccccc1CCC(=O)NC1SC2=C(CCN=C2)C1C#N. The Morgan fingerprint density at radius 2 is 2.21 bits per heavy atom. The highest BCUT2D eigenvalue weighted by Crippen LogP contribution is 2.42. The van der Waals surface area contributed by atoms with Crippen molar-refractivity contribution < 1.29 is 4.79 Å². The fraction of sp³-hybridized carbons (Fsp3) is 0.421. The Morgan fingerprint density at radius 3 is 2.96 bits per heavy atom. The molecule has 124 valence electrons. The molecule has 0 saturated heterocycles. The summed E-state index contributed by atoms with van der Waals surface area (Å²) in [5.74, 6) is -0.223. The molecule has 2 heterocycles. The fourth-order valence-electron chi connectivity index (χ4n) is 3.22. The topological polar surface area (TPSA) is 65.2 Å². The zero-order chi connectivity index (χ0) is 16.9. The van der Waals surface area contributed by atoms with Gasteiger partial charge in [0.25, 0.3) is 0 Å². The van der Waals surface area contributed by atoms with Crippen LogP contribution in [0.15, 0.2) is 39.7 Å². The lowest BCUT2D eigenvalue weighted by Crippen LogP contribution is -2.36. The number of hydrogen-bond acceptors (Lipinski definition) is 4. The molecule has 1 N–H and O–H groups in total. The first-order valence-electron chi connectivity index (χ1n) is 8.38. The van der Waals surface area contributed by atoms with E-state index in [4.69, 9.17) is 0 Å². The van der Waals surface area contributed by atoms with Crippen molar-refractivity contribution in [1.29, 1.82) is 5.26 Å². The van der Waals surface area contributed by atoms with E-state index in [1.54, 1.807) is 11.8 Å². The third-order valence-corrected chi connectivity index (χ3v) is 5.80. The Labute approximate surface area is 147 Å². The molecule has 2 aliphatic heterocycles. The maximum absolute atomic E-state index is 12.4. The molecule has 4 nitrogen and oxygen atoms in total. The molecule has 0 aliphatic carbocycles. The van der Waals surface area contributed by atoms with Crippen LogP contribution >= 0.6 is 11.8 Å². The molecule has 0 aromatic heterocycles. The second kappa shape index (κ2) is 7.67. The largest absolute Gasteiger partial charge is 0.342 e. The summed E-state index contributed by atoms with van der Waals surface area (Å²) in [6.45, 7) is 2.87. The summed E-state index contributed by atoms with van der Waals surface area (Å²) in [6.07, 6.45) is 4.83. The molecule has 1 amide bonds. The zero-order valence-corrected chi connectivity index (χ0v) is 14.6. The van der Waals surface area contributed by atoms with Crippen LogP contribution in [0, 0.1) is 17.2 Å². The van der Waals surface area contributed by atoms with Gasteiger partial charge in [0.15, 0.2) is 0 Å². The number of thioether (sulfide) groups is 1. The lowest BCUT2D eigenvalue weighted by molar-refractivity contribution is -0.121. The smallest absolute Gasteiger partial charge is 0.221 e. The van der Waals surface area contributed by atoms with Crippen molar-refractivity contribution in [1.82, 2.24) is 5.32 Å². The highest BCUT2D eigenvalue weighted by Gasteiger charge is 2.36. The molecule has 2 unspecified atom stereocenters. The predicted molar refractivity (Wildman–Crippen MR) is 97.8 cm³/mol. The minimum Gasteiger partial charge on any atom is -0.342 e. The van der Waals surface area contributed by atoms with E-state index < -0.39 is 0 Å². The number of allylic oxidation sites excluding steroid dienone is 1. The van der Waals surface area contributed by atoms with E-state index in [9.17, 15) is 10.1 Å². The molecule has 0 saturated carbocycles. The second-order valence-electron chi connectivity index (χ2n) is 6.01. The van der Waals surface area contributed by atoms with Crippen LogP contribution < -0.4 is 5.32 Å². The summed E-state index contributed by atoms with van der Waals surface area (Å²) in [5, 5.41) is 12.3. The number of carbonyl (C=O) groups is 1. The van der Waals surface area contributed by atoms with Crippen molar-refractivity contribution in [2.24, 2.45) is 10.9 Å². The van der Waals surface area contributed by atoms with Gasteiger partial charge in [0.2, 0.25) is 5.91 Å². The van der Waals surface area contributed by atoms with Crippen molar-refractivity contribution in [3.63, 3.8) is 0 Å². The van der Waals surface area contributed by atoms with Crippen molar-refractivity contribution in [2.45, 2.75) is 38.0 Å². The van der Waals surface area contributed by atoms with Crippen LogP contribution in [0.2, 0.25) is 0 Å². The number of rotatable bonds is 5. The Morgan fingerprint density at radius 1 is 1.42 bits per heavy atom. The van der Waals surface area contributed by atoms with Gasteiger partial charge in [0.05, 0.1) is 17.4 Å². The molecule has 1 aromatic carbocycles. The lowest BCUT2D eigenvalue weighted by Gasteiger charge is -2.17. The van der Waals surface area contributed by atoms with Gasteiger partial charge in [0, 0.05) is 24.1 Å². The molecule has 2 atom stereocenters. The zero-order valence-electron chi connectivity index (χ0n) is 13.8. The van der Waals surface area contributed by atoms with Crippen LogP contribution in [0.4, 0.5) is 0 Å². The third kappa shape index (κ3) is 3.54. The van der Waals surface area contributed by atoms with Crippen LogP contribution in [0.5, 0.6) is 0 Å². The molecule has 1 aromatic rings. The number of aryl methyl sites for hydroxylation is 2. The summed E-state index contributed by atoms with van der Waals surface area (Å²) in [4.78, 5) is 17.7. The van der Waals surface area contributed by atoms with Crippen molar-refractivity contribution in [3.05, 3.63) is 45.9 Å². The summed E-state index contributed by atoms with van der Waals surface area (Å²) >= 11 is 1.56. The number of nitrogens with one attached hydrogen (secondary N) is 1. The van der Waals surface area contributed by atoms with E-state index in [0.29, 0.717) is 6.42 Å². The van der Waals surface area contributed by atoms with E-state index >= 15 is 0 Å². The number of carbonyl (C=O) groups excluding carboxylic acids is 1. The van der Waals surface area contributed by atoms with Gasteiger partial charge in [0.1, 0.15) is 0 Å². The first-order chi connectivity index (χ1) is 11.7. The van der Waals surface area contributed by atoms with E-state index in [1.165, 1.54) is 11.1 Å². The van der Waals surface area contributed by atoms with E-state index in [-0.39, 0.29) is 17.2 Å². The average Bonchev–Trinajstić information content (AvgIpc) is 2.97. The van der Waals surface area contributed by atoms with E-state index in [1.807, 2.05) is 18.3 Å². The number of hydrogen-bond donors (Lipinski definition) is 1. The van der Waals surface area contributed by atoms with Crippen LogP contribution in [0.25, 0.3) is 0 Å². The normalized spacial score (nSPS) is 22.2. The summed E-state index contributed by atoms with van der Waals surface area (Å²) in [6, 6.07) is 10.6. The summed E-state index contributed by atoms with van der Waals surface area (Å²) < 4.78 is 0. The quantitative estimate of drug-likeness (QED) is 0.895. The highest BCUT2D eigenvalue weighted by atomic mass is 32.2. The van der Waals surface area contributed by atoms with Crippen molar-refractivity contribution in [3.8, 4) is 6.07 Å².